The topological polar surface area (TPSA) is 117 Å². The molecule has 3 aromatic rings. The molecule has 10 heteroatoms. The Kier molecular flexibility index (Phi) is 7.36. The Morgan fingerprint density at radius 2 is 2.03 bits per heavy atom. The van der Waals surface area contributed by atoms with Crippen LogP contribution in [0.1, 0.15) is 34.7 Å². The average Bonchev–Trinajstić information content (AvgIpc) is 3.54. The third-order valence-electron chi connectivity index (χ3n) is 6.95. The van der Waals surface area contributed by atoms with Crippen molar-refractivity contribution in [2.45, 2.75) is 24.8 Å². The quantitative estimate of drug-likeness (QED) is 0.562. The van der Waals surface area contributed by atoms with Crippen LogP contribution >= 0.6 is 0 Å². The van der Waals surface area contributed by atoms with E-state index in [1.807, 2.05) is 24.3 Å². The minimum atomic E-state index is -0.301. The zero-order valence-corrected chi connectivity index (χ0v) is 20.8. The number of carbonyl (C=O) groups is 3. The lowest BCUT2D eigenvalue weighted by atomic mass is 9.94. The molecule has 1 aromatic heterocycles. The molecule has 0 saturated carbocycles. The molecule has 0 aliphatic carbocycles. The fraction of sp³-hybridized carbons (Fsp3) is 0.407. The van der Waals surface area contributed by atoms with Gasteiger partial charge in [-0.25, -0.2) is 4.98 Å². The first-order chi connectivity index (χ1) is 18.0. The lowest BCUT2D eigenvalue weighted by Crippen LogP contribution is -2.47. The number of imidazole rings is 1. The van der Waals surface area contributed by atoms with Crippen molar-refractivity contribution in [2.24, 2.45) is 0 Å². The zero-order chi connectivity index (χ0) is 25.8. The van der Waals surface area contributed by atoms with E-state index in [0.29, 0.717) is 38.2 Å². The summed E-state index contributed by atoms with van der Waals surface area (Å²) in [6, 6.07) is 12.8. The van der Waals surface area contributed by atoms with E-state index in [2.05, 4.69) is 15.3 Å². The van der Waals surface area contributed by atoms with Crippen LogP contribution in [0, 0.1) is 0 Å². The molecule has 2 N–H and O–H groups in total. The van der Waals surface area contributed by atoms with E-state index in [9.17, 15) is 14.4 Å². The van der Waals surface area contributed by atoms with Crippen LogP contribution in [0.25, 0.3) is 11.0 Å². The van der Waals surface area contributed by atoms with E-state index in [0.717, 1.165) is 28.8 Å². The maximum atomic E-state index is 13.4. The fourth-order valence-corrected chi connectivity index (χ4v) is 5.07. The number of rotatable bonds is 3. The molecule has 1 fully saturated rings. The standard InChI is InChI=1S/C27H31N5O5/c1-36-16-26(34)32-13-21-18-5-4-6-20(11-18)37-10-3-2-9-31(15-25(33)30-24(21)14-32)27(35)19-7-8-22-23(12-19)29-17-28-22/h4-8,11-12,17,21,24H,2-3,9-10,13-16H2,1H3,(H,28,29)(H,30,33)/t21-,24+/m1/s1. The van der Waals surface area contributed by atoms with Crippen LogP contribution in [0.5, 0.6) is 5.75 Å². The van der Waals surface area contributed by atoms with Gasteiger partial charge in [-0.15, -0.1) is 0 Å². The number of aromatic nitrogens is 2. The minimum Gasteiger partial charge on any atom is -0.494 e. The summed E-state index contributed by atoms with van der Waals surface area (Å²) in [6.45, 7) is 1.67. The molecular weight excluding hydrogens is 474 g/mol. The predicted molar refractivity (Wildman–Crippen MR) is 136 cm³/mol. The van der Waals surface area contributed by atoms with Gasteiger partial charge in [0.05, 0.1) is 36.6 Å². The highest BCUT2D eigenvalue weighted by molar-refractivity contribution is 5.99. The summed E-state index contributed by atoms with van der Waals surface area (Å²) in [7, 11) is 1.49. The highest BCUT2D eigenvalue weighted by atomic mass is 16.5. The van der Waals surface area contributed by atoms with Gasteiger partial charge in [0.1, 0.15) is 12.4 Å². The summed E-state index contributed by atoms with van der Waals surface area (Å²) in [5.74, 6) is 0.0482. The second-order valence-electron chi connectivity index (χ2n) is 9.50. The van der Waals surface area contributed by atoms with Crippen LogP contribution in [0.2, 0.25) is 0 Å². The Balaban J connectivity index is 1.38. The Hall–Kier alpha value is -3.92. The number of benzene rings is 2. The van der Waals surface area contributed by atoms with Crippen molar-refractivity contribution in [3.8, 4) is 5.75 Å². The molecule has 194 valence electrons. The molecular formula is C27H31N5O5. The summed E-state index contributed by atoms with van der Waals surface area (Å²) in [5, 5.41) is 3.11. The van der Waals surface area contributed by atoms with Crippen molar-refractivity contribution in [1.29, 1.82) is 0 Å². The second kappa shape index (κ2) is 11.0. The Morgan fingerprint density at radius 1 is 1.14 bits per heavy atom. The molecule has 0 radical (unpaired) electrons. The number of nitrogens with zero attached hydrogens (tertiary/aromatic N) is 3. The highest BCUT2D eigenvalue weighted by Crippen LogP contribution is 2.30. The predicted octanol–water partition coefficient (Wildman–Crippen LogP) is 1.93. The molecule has 37 heavy (non-hydrogen) atoms. The zero-order valence-electron chi connectivity index (χ0n) is 20.8. The first-order valence-corrected chi connectivity index (χ1v) is 12.5. The van der Waals surface area contributed by atoms with Crippen LogP contribution in [0.3, 0.4) is 0 Å². The van der Waals surface area contributed by atoms with Gasteiger partial charge in [-0.05, 0) is 48.7 Å². The van der Waals surface area contributed by atoms with Gasteiger partial charge in [-0.1, -0.05) is 12.1 Å². The SMILES string of the molecule is COCC(=O)N1C[C@@H]2NC(=O)CN(C(=O)c3ccc4nc[nH]c4c3)CCCCOc3cccc(c3)[C@H]2C1. The normalized spacial score (nSPS) is 20.6. The largest absolute Gasteiger partial charge is 0.494 e. The number of fused-ring (bicyclic) bond motifs is 5. The van der Waals surface area contributed by atoms with Gasteiger partial charge in [0, 0.05) is 38.2 Å². The number of nitrogens with one attached hydrogen (secondary N) is 2. The number of carbonyl (C=O) groups excluding carboxylic acids is 3. The van der Waals surface area contributed by atoms with Gasteiger partial charge in [0.25, 0.3) is 5.91 Å². The van der Waals surface area contributed by atoms with E-state index in [1.165, 1.54) is 7.11 Å². The summed E-state index contributed by atoms with van der Waals surface area (Å²) < 4.78 is 11.0. The van der Waals surface area contributed by atoms with E-state index >= 15 is 0 Å². The molecule has 0 spiro atoms. The van der Waals surface area contributed by atoms with Crippen molar-refractivity contribution in [3.63, 3.8) is 0 Å². The number of ether oxygens (including phenoxy) is 2. The lowest BCUT2D eigenvalue weighted by Gasteiger charge is -2.26. The van der Waals surface area contributed by atoms with Crippen molar-refractivity contribution < 1.29 is 23.9 Å². The Bertz CT molecular complexity index is 1290. The third kappa shape index (κ3) is 5.59. The van der Waals surface area contributed by atoms with E-state index in [-0.39, 0.29) is 42.8 Å². The molecule has 3 heterocycles. The highest BCUT2D eigenvalue weighted by Gasteiger charge is 2.37. The number of H-pyrrole nitrogens is 1. The molecule has 2 aromatic carbocycles. The number of hydrogen-bond acceptors (Lipinski definition) is 6. The summed E-state index contributed by atoms with van der Waals surface area (Å²) in [5.41, 5.74) is 3.03. The maximum Gasteiger partial charge on any atom is 0.254 e. The first kappa shape index (κ1) is 24.8. The van der Waals surface area contributed by atoms with E-state index in [1.54, 1.807) is 34.3 Å². The van der Waals surface area contributed by atoms with Crippen LogP contribution in [-0.2, 0) is 14.3 Å². The molecule has 2 aliphatic heterocycles. The van der Waals surface area contributed by atoms with Gasteiger partial charge < -0.3 is 29.6 Å². The molecule has 0 unspecified atom stereocenters. The van der Waals surface area contributed by atoms with Gasteiger partial charge in [-0.2, -0.15) is 0 Å². The summed E-state index contributed by atoms with van der Waals surface area (Å²) >= 11 is 0. The molecule has 1 saturated heterocycles. The number of aromatic amines is 1. The van der Waals surface area contributed by atoms with Crippen LogP contribution in [0.4, 0.5) is 0 Å². The second-order valence-corrected chi connectivity index (χ2v) is 9.50. The van der Waals surface area contributed by atoms with Crippen molar-refractivity contribution in [2.75, 3.05) is 46.5 Å². The monoisotopic (exact) mass is 505 g/mol. The van der Waals surface area contributed by atoms with Crippen molar-refractivity contribution in [1.82, 2.24) is 25.1 Å². The molecule has 2 atom stereocenters. The molecule has 2 aliphatic rings. The van der Waals surface area contributed by atoms with E-state index < -0.39 is 0 Å². The molecule has 5 rings (SSSR count). The smallest absolute Gasteiger partial charge is 0.254 e. The van der Waals surface area contributed by atoms with Gasteiger partial charge in [0.2, 0.25) is 11.8 Å². The molecule has 3 amide bonds. The van der Waals surface area contributed by atoms with Gasteiger partial charge in [-0.3, -0.25) is 14.4 Å². The number of methoxy groups -OCH3 is 1. The minimum absolute atomic E-state index is 0.0144. The average molecular weight is 506 g/mol. The lowest BCUT2D eigenvalue weighted by molar-refractivity contribution is -0.134. The molecule has 2 bridgehead atoms. The fourth-order valence-electron chi connectivity index (χ4n) is 5.07. The number of likely N-dealkylation sites (tertiary alicyclic amines) is 1. The number of amides is 3. The maximum absolute atomic E-state index is 13.4. The van der Waals surface area contributed by atoms with Crippen LogP contribution in [-0.4, -0.2) is 90.0 Å². The van der Waals surface area contributed by atoms with Crippen LogP contribution in [0.15, 0.2) is 48.8 Å². The van der Waals surface area contributed by atoms with Gasteiger partial charge >= 0.3 is 0 Å². The molecule has 10 nitrogen and oxygen atoms in total. The Labute approximate surface area is 214 Å². The Morgan fingerprint density at radius 3 is 2.89 bits per heavy atom. The summed E-state index contributed by atoms with van der Waals surface area (Å²) in [4.78, 5) is 49.8. The first-order valence-electron chi connectivity index (χ1n) is 12.5. The van der Waals surface area contributed by atoms with Crippen molar-refractivity contribution >= 4 is 28.8 Å². The third-order valence-corrected chi connectivity index (χ3v) is 6.95. The number of hydrogen-bond donors (Lipinski definition) is 2. The van der Waals surface area contributed by atoms with Gasteiger partial charge in [0.15, 0.2) is 0 Å². The van der Waals surface area contributed by atoms with Crippen molar-refractivity contribution in [3.05, 3.63) is 59.9 Å². The van der Waals surface area contributed by atoms with Crippen LogP contribution < -0.4 is 10.1 Å². The van der Waals surface area contributed by atoms with E-state index in [4.69, 9.17) is 9.47 Å². The summed E-state index contributed by atoms with van der Waals surface area (Å²) in [6.07, 6.45) is 3.01.